The first kappa shape index (κ1) is 17.4. The monoisotopic (exact) mass is 353 g/mol. The van der Waals surface area contributed by atoms with Gasteiger partial charge in [-0.1, -0.05) is 6.07 Å². The summed E-state index contributed by atoms with van der Waals surface area (Å²) in [6, 6.07) is 11.7. The van der Waals surface area contributed by atoms with E-state index in [0.29, 0.717) is 47.9 Å². The number of carbonyl (C=O) groups is 2. The van der Waals surface area contributed by atoms with Gasteiger partial charge in [0.2, 0.25) is 0 Å². The van der Waals surface area contributed by atoms with Crippen molar-refractivity contribution in [1.29, 1.82) is 0 Å². The number of aromatic amines is 1. The van der Waals surface area contributed by atoms with Crippen molar-refractivity contribution in [3.8, 4) is 11.5 Å². The van der Waals surface area contributed by atoms with E-state index in [-0.39, 0.29) is 11.8 Å². The highest BCUT2D eigenvalue weighted by Gasteiger charge is 2.13. The van der Waals surface area contributed by atoms with Crippen molar-refractivity contribution in [1.82, 2.24) is 15.5 Å². The van der Waals surface area contributed by atoms with Gasteiger partial charge in [-0.05, 0) is 43.3 Å². The largest absolute Gasteiger partial charge is 0.463 e. The maximum Gasteiger partial charge on any atom is 0.256 e. The van der Waals surface area contributed by atoms with Crippen LogP contribution in [0.5, 0.6) is 0 Å². The fourth-order valence-electron chi connectivity index (χ4n) is 2.34. The normalized spacial score (nSPS) is 10.5. The predicted octanol–water partition coefficient (Wildman–Crippen LogP) is 2.00. The molecule has 8 heteroatoms. The molecule has 2 heterocycles. The first-order valence-electron chi connectivity index (χ1n) is 8.16. The van der Waals surface area contributed by atoms with Gasteiger partial charge in [0.15, 0.2) is 11.6 Å². The molecule has 5 N–H and O–H groups in total. The van der Waals surface area contributed by atoms with Gasteiger partial charge in [-0.25, -0.2) is 0 Å². The van der Waals surface area contributed by atoms with Crippen molar-refractivity contribution in [2.45, 2.75) is 6.42 Å². The quantitative estimate of drug-likeness (QED) is 0.483. The zero-order valence-electron chi connectivity index (χ0n) is 14.0. The number of nitrogens with two attached hydrogens (primary N) is 1. The summed E-state index contributed by atoms with van der Waals surface area (Å²) in [7, 11) is 0. The minimum absolute atomic E-state index is 0.243. The Hall–Kier alpha value is -3.39. The fourth-order valence-corrected chi connectivity index (χ4v) is 2.34. The maximum atomic E-state index is 12.4. The first-order chi connectivity index (χ1) is 12.7. The first-order valence-corrected chi connectivity index (χ1v) is 8.16. The number of aromatic nitrogens is 2. The Morgan fingerprint density at radius 1 is 1.12 bits per heavy atom. The minimum Gasteiger partial charge on any atom is -0.463 e. The second-order valence-corrected chi connectivity index (χ2v) is 5.58. The Morgan fingerprint density at radius 2 is 1.92 bits per heavy atom. The van der Waals surface area contributed by atoms with Crippen molar-refractivity contribution in [3.63, 3.8) is 0 Å². The van der Waals surface area contributed by atoms with Gasteiger partial charge in [0.05, 0.1) is 6.26 Å². The molecular weight excluding hydrogens is 334 g/mol. The number of benzene rings is 1. The number of nitrogens with zero attached hydrogens (tertiary/aromatic N) is 1. The summed E-state index contributed by atoms with van der Waals surface area (Å²) in [5.41, 5.74) is 6.83. The fraction of sp³-hybridized carbons (Fsp3) is 0.167. The number of carbonyl (C=O) groups excluding carboxylic acids is 2. The Kier molecular flexibility index (Phi) is 5.45. The zero-order chi connectivity index (χ0) is 18.4. The summed E-state index contributed by atoms with van der Waals surface area (Å²) in [6.45, 7) is 1.00. The van der Waals surface area contributed by atoms with E-state index in [2.05, 4.69) is 20.8 Å². The number of H-pyrrole nitrogens is 1. The van der Waals surface area contributed by atoms with Crippen LogP contribution >= 0.6 is 0 Å². The van der Waals surface area contributed by atoms with Crippen LogP contribution in [0.2, 0.25) is 0 Å². The second kappa shape index (κ2) is 8.13. The maximum absolute atomic E-state index is 12.4. The van der Waals surface area contributed by atoms with Gasteiger partial charge in [-0.2, -0.15) is 5.10 Å². The van der Waals surface area contributed by atoms with E-state index >= 15 is 0 Å². The third-order valence-electron chi connectivity index (χ3n) is 3.66. The van der Waals surface area contributed by atoms with Crippen LogP contribution in [0.4, 0.5) is 5.82 Å². The third-order valence-corrected chi connectivity index (χ3v) is 3.66. The lowest BCUT2D eigenvalue weighted by Gasteiger charge is -2.06. The molecule has 0 saturated heterocycles. The molecule has 3 rings (SSSR count). The summed E-state index contributed by atoms with van der Waals surface area (Å²) in [6.07, 6.45) is 2.25. The molecule has 2 amide bonds. The molecule has 0 bridgehead atoms. The number of anilines is 1. The van der Waals surface area contributed by atoms with Crippen LogP contribution < -0.4 is 16.4 Å². The second-order valence-electron chi connectivity index (χ2n) is 5.58. The van der Waals surface area contributed by atoms with Crippen molar-refractivity contribution < 1.29 is 14.0 Å². The molecule has 26 heavy (non-hydrogen) atoms. The molecule has 1 aromatic carbocycles. The molecule has 0 aliphatic rings. The zero-order valence-corrected chi connectivity index (χ0v) is 14.0. The van der Waals surface area contributed by atoms with Crippen molar-refractivity contribution in [2.75, 3.05) is 18.4 Å². The van der Waals surface area contributed by atoms with E-state index in [1.807, 2.05) is 0 Å². The Balaban J connectivity index is 1.66. The SMILES string of the molecule is NCCCNC(=O)c1cccc(C(=O)Nc2cc(-c3ccco3)[nH]n2)c1. The third kappa shape index (κ3) is 4.17. The van der Waals surface area contributed by atoms with Crippen LogP contribution in [0.15, 0.2) is 53.1 Å². The van der Waals surface area contributed by atoms with E-state index < -0.39 is 0 Å². The topological polar surface area (TPSA) is 126 Å². The van der Waals surface area contributed by atoms with Gasteiger partial charge < -0.3 is 20.8 Å². The molecule has 134 valence electrons. The average Bonchev–Trinajstić information content (AvgIpc) is 3.33. The Labute approximate surface area is 149 Å². The standard InChI is InChI=1S/C18H19N5O3/c19-7-3-8-20-17(24)12-4-1-5-13(10-12)18(25)21-16-11-14(22-23-16)15-6-2-9-26-15/h1-2,4-6,9-11H,3,7-8,19H2,(H,20,24)(H2,21,22,23,25). The summed E-state index contributed by atoms with van der Waals surface area (Å²) in [5.74, 6) is 0.375. The van der Waals surface area contributed by atoms with Gasteiger partial charge in [-0.3, -0.25) is 14.7 Å². The lowest BCUT2D eigenvalue weighted by atomic mass is 10.1. The molecule has 0 aliphatic heterocycles. The predicted molar refractivity (Wildman–Crippen MR) is 96.7 cm³/mol. The van der Waals surface area contributed by atoms with E-state index in [9.17, 15) is 9.59 Å². The summed E-state index contributed by atoms with van der Waals surface area (Å²) < 4.78 is 5.27. The van der Waals surface area contributed by atoms with E-state index in [4.69, 9.17) is 10.2 Å². The van der Waals surface area contributed by atoms with Gasteiger partial charge in [0.25, 0.3) is 11.8 Å². The Morgan fingerprint density at radius 3 is 2.65 bits per heavy atom. The molecule has 3 aromatic rings. The molecule has 8 nitrogen and oxygen atoms in total. The highest BCUT2D eigenvalue weighted by Crippen LogP contribution is 2.20. The van der Waals surface area contributed by atoms with Gasteiger partial charge in [0, 0.05) is 23.7 Å². The number of furan rings is 1. The van der Waals surface area contributed by atoms with Crippen molar-refractivity contribution in [3.05, 3.63) is 59.9 Å². The molecule has 2 aromatic heterocycles. The summed E-state index contributed by atoms with van der Waals surface area (Å²) in [5, 5.41) is 12.3. The molecule has 0 fully saturated rings. The molecule has 0 radical (unpaired) electrons. The number of amides is 2. The highest BCUT2D eigenvalue weighted by molar-refractivity contribution is 6.05. The van der Waals surface area contributed by atoms with Crippen LogP contribution in [0.1, 0.15) is 27.1 Å². The number of rotatable bonds is 7. The summed E-state index contributed by atoms with van der Waals surface area (Å²) in [4.78, 5) is 24.5. The smallest absolute Gasteiger partial charge is 0.256 e. The molecule has 0 atom stereocenters. The molecule has 0 unspecified atom stereocenters. The lowest BCUT2D eigenvalue weighted by molar-refractivity contribution is 0.0953. The van der Waals surface area contributed by atoms with Gasteiger partial charge >= 0.3 is 0 Å². The van der Waals surface area contributed by atoms with Crippen LogP contribution in [0.3, 0.4) is 0 Å². The van der Waals surface area contributed by atoms with Crippen LogP contribution in [-0.4, -0.2) is 35.1 Å². The number of hydrogen-bond acceptors (Lipinski definition) is 5. The van der Waals surface area contributed by atoms with E-state index in [0.717, 1.165) is 0 Å². The minimum atomic E-state index is -0.362. The Bertz CT molecular complexity index is 886. The molecule has 0 aliphatic carbocycles. The molecule has 0 spiro atoms. The van der Waals surface area contributed by atoms with Crippen LogP contribution in [0, 0.1) is 0 Å². The van der Waals surface area contributed by atoms with Gasteiger partial charge in [0.1, 0.15) is 5.69 Å². The van der Waals surface area contributed by atoms with E-state index in [1.54, 1.807) is 42.7 Å². The molecular formula is C18H19N5O3. The van der Waals surface area contributed by atoms with Gasteiger partial charge in [-0.15, -0.1) is 0 Å². The number of nitrogens with one attached hydrogen (secondary N) is 3. The molecule has 0 saturated carbocycles. The van der Waals surface area contributed by atoms with Crippen LogP contribution in [0.25, 0.3) is 11.5 Å². The van der Waals surface area contributed by atoms with E-state index in [1.165, 1.54) is 6.07 Å². The van der Waals surface area contributed by atoms with Crippen molar-refractivity contribution >= 4 is 17.6 Å². The number of hydrogen-bond donors (Lipinski definition) is 4. The lowest BCUT2D eigenvalue weighted by Crippen LogP contribution is -2.26. The van der Waals surface area contributed by atoms with Crippen LogP contribution in [-0.2, 0) is 0 Å². The summed E-state index contributed by atoms with van der Waals surface area (Å²) >= 11 is 0. The highest BCUT2D eigenvalue weighted by atomic mass is 16.3. The van der Waals surface area contributed by atoms with Crippen molar-refractivity contribution in [2.24, 2.45) is 5.73 Å². The average molecular weight is 353 g/mol.